The number of H-pyrrole nitrogens is 1. The second-order valence-electron chi connectivity index (χ2n) is 6.14. The van der Waals surface area contributed by atoms with Crippen LogP contribution in [0.25, 0.3) is 11.0 Å². The first-order valence-corrected chi connectivity index (χ1v) is 8.24. The SMILES string of the molecule is O=C(c1ccccc1)N1CC(F)C(OCc2nc3ccccc3[nH]2)C1. The van der Waals surface area contributed by atoms with Gasteiger partial charge in [0.1, 0.15) is 24.7 Å². The molecular formula is C19H18FN3O2. The lowest BCUT2D eigenvalue weighted by Crippen LogP contribution is -2.30. The maximum Gasteiger partial charge on any atom is 0.254 e. The van der Waals surface area contributed by atoms with Crippen LogP contribution in [-0.4, -0.2) is 46.1 Å². The number of rotatable bonds is 4. The number of halogens is 1. The van der Waals surface area contributed by atoms with E-state index in [1.807, 2.05) is 30.3 Å². The number of carbonyl (C=O) groups excluding carboxylic acids is 1. The molecule has 1 aromatic heterocycles. The maximum absolute atomic E-state index is 14.3. The van der Waals surface area contributed by atoms with Crippen LogP contribution in [0.4, 0.5) is 4.39 Å². The number of nitrogens with one attached hydrogen (secondary N) is 1. The maximum atomic E-state index is 14.3. The van der Waals surface area contributed by atoms with E-state index < -0.39 is 12.3 Å². The van der Waals surface area contributed by atoms with Gasteiger partial charge in [-0.25, -0.2) is 9.37 Å². The van der Waals surface area contributed by atoms with Crippen molar-refractivity contribution in [3.63, 3.8) is 0 Å². The molecule has 2 unspecified atom stereocenters. The lowest BCUT2D eigenvalue weighted by molar-refractivity contribution is 0.00887. The predicted octanol–water partition coefficient (Wildman–Crippen LogP) is 2.94. The number of fused-ring (bicyclic) bond motifs is 1. The van der Waals surface area contributed by atoms with Crippen LogP contribution >= 0.6 is 0 Å². The highest BCUT2D eigenvalue weighted by molar-refractivity contribution is 5.94. The van der Waals surface area contributed by atoms with Gasteiger partial charge in [0.2, 0.25) is 0 Å². The fourth-order valence-corrected chi connectivity index (χ4v) is 3.08. The predicted molar refractivity (Wildman–Crippen MR) is 91.9 cm³/mol. The number of aromatic nitrogens is 2. The van der Waals surface area contributed by atoms with Gasteiger partial charge in [0.25, 0.3) is 5.91 Å². The molecule has 0 radical (unpaired) electrons. The standard InChI is InChI=1S/C19H18FN3O2/c20-14-10-23(19(24)13-6-2-1-3-7-13)11-17(14)25-12-18-21-15-8-4-5-9-16(15)22-18/h1-9,14,17H,10-12H2,(H,21,22). The minimum absolute atomic E-state index is 0.0541. The first-order valence-electron chi connectivity index (χ1n) is 8.24. The van der Waals surface area contributed by atoms with Crippen LogP contribution in [0.3, 0.4) is 0 Å². The lowest BCUT2D eigenvalue weighted by Gasteiger charge is -2.16. The third-order valence-electron chi connectivity index (χ3n) is 4.38. The summed E-state index contributed by atoms with van der Waals surface area (Å²) in [4.78, 5) is 21.5. The Balaban J connectivity index is 1.39. The number of aromatic amines is 1. The summed E-state index contributed by atoms with van der Waals surface area (Å²) in [6, 6.07) is 16.6. The fraction of sp³-hybridized carbons (Fsp3) is 0.263. The molecule has 1 fully saturated rings. The monoisotopic (exact) mass is 339 g/mol. The molecule has 3 aromatic rings. The molecule has 1 amide bonds. The molecule has 1 saturated heterocycles. The van der Waals surface area contributed by atoms with Crippen molar-refractivity contribution in [1.29, 1.82) is 0 Å². The zero-order valence-corrected chi connectivity index (χ0v) is 13.6. The third-order valence-corrected chi connectivity index (χ3v) is 4.38. The Morgan fingerprint density at radius 2 is 1.92 bits per heavy atom. The summed E-state index contributed by atoms with van der Waals surface area (Å²) < 4.78 is 20.0. The quantitative estimate of drug-likeness (QED) is 0.795. The Morgan fingerprint density at radius 3 is 2.72 bits per heavy atom. The minimum Gasteiger partial charge on any atom is -0.365 e. The molecule has 2 aromatic carbocycles. The Bertz CT molecular complexity index is 848. The van der Waals surface area contributed by atoms with E-state index in [0.29, 0.717) is 11.4 Å². The smallest absolute Gasteiger partial charge is 0.254 e. The highest BCUT2D eigenvalue weighted by Gasteiger charge is 2.36. The van der Waals surface area contributed by atoms with E-state index in [9.17, 15) is 9.18 Å². The molecule has 1 aliphatic heterocycles. The number of para-hydroxylation sites is 2. The van der Waals surface area contributed by atoms with E-state index >= 15 is 0 Å². The molecule has 6 heteroatoms. The van der Waals surface area contributed by atoms with Gasteiger partial charge < -0.3 is 14.6 Å². The van der Waals surface area contributed by atoms with Crippen molar-refractivity contribution >= 4 is 16.9 Å². The summed E-state index contributed by atoms with van der Waals surface area (Å²) >= 11 is 0. The molecular weight excluding hydrogens is 321 g/mol. The van der Waals surface area contributed by atoms with Crippen LogP contribution in [0.15, 0.2) is 54.6 Å². The number of nitrogens with zero attached hydrogens (tertiary/aromatic N) is 2. The molecule has 2 heterocycles. The van der Waals surface area contributed by atoms with E-state index in [1.165, 1.54) is 4.90 Å². The van der Waals surface area contributed by atoms with Crippen molar-refractivity contribution in [3.05, 3.63) is 66.0 Å². The summed E-state index contributed by atoms with van der Waals surface area (Å²) in [5.74, 6) is 0.485. The Morgan fingerprint density at radius 1 is 1.16 bits per heavy atom. The molecule has 25 heavy (non-hydrogen) atoms. The molecule has 1 N–H and O–H groups in total. The van der Waals surface area contributed by atoms with E-state index in [4.69, 9.17) is 4.74 Å². The number of carbonyl (C=O) groups is 1. The molecule has 4 rings (SSSR count). The second kappa shape index (κ2) is 6.64. The fourth-order valence-electron chi connectivity index (χ4n) is 3.08. The van der Waals surface area contributed by atoms with Crippen molar-refractivity contribution in [3.8, 4) is 0 Å². The average Bonchev–Trinajstić information content (AvgIpc) is 3.23. The van der Waals surface area contributed by atoms with Gasteiger partial charge >= 0.3 is 0 Å². The summed E-state index contributed by atoms with van der Waals surface area (Å²) in [7, 11) is 0. The Hall–Kier alpha value is -2.73. The minimum atomic E-state index is -1.20. The van der Waals surface area contributed by atoms with Gasteiger partial charge in [0.15, 0.2) is 0 Å². The molecule has 0 saturated carbocycles. The highest BCUT2D eigenvalue weighted by atomic mass is 19.1. The second-order valence-corrected chi connectivity index (χ2v) is 6.14. The van der Waals surface area contributed by atoms with Crippen LogP contribution < -0.4 is 0 Å². The van der Waals surface area contributed by atoms with Gasteiger partial charge in [-0.05, 0) is 24.3 Å². The van der Waals surface area contributed by atoms with Crippen LogP contribution in [0.1, 0.15) is 16.2 Å². The lowest BCUT2D eigenvalue weighted by atomic mass is 10.2. The molecule has 0 spiro atoms. The van der Waals surface area contributed by atoms with Gasteiger partial charge in [-0.2, -0.15) is 0 Å². The summed E-state index contributed by atoms with van der Waals surface area (Å²) in [6.45, 7) is 0.487. The van der Waals surface area contributed by atoms with Gasteiger partial charge in [-0.15, -0.1) is 0 Å². The number of imidazole rings is 1. The topological polar surface area (TPSA) is 58.2 Å². The molecule has 2 atom stereocenters. The Kier molecular flexibility index (Phi) is 4.19. The number of ether oxygens (including phenoxy) is 1. The largest absolute Gasteiger partial charge is 0.365 e. The van der Waals surface area contributed by atoms with E-state index in [0.717, 1.165) is 11.0 Å². The average molecular weight is 339 g/mol. The number of alkyl halides is 1. The molecule has 5 nitrogen and oxygen atoms in total. The van der Waals surface area contributed by atoms with Crippen molar-refractivity contribution in [2.75, 3.05) is 13.1 Å². The Labute approximate surface area is 144 Å². The van der Waals surface area contributed by atoms with E-state index in [2.05, 4.69) is 9.97 Å². The van der Waals surface area contributed by atoms with Gasteiger partial charge in [0.05, 0.1) is 24.1 Å². The van der Waals surface area contributed by atoms with E-state index in [1.54, 1.807) is 24.3 Å². The van der Waals surface area contributed by atoms with E-state index in [-0.39, 0.29) is 25.6 Å². The molecule has 1 aliphatic rings. The van der Waals surface area contributed by atoms with Crippen molar-refractivity contribution < 1.29 is 13.9 Å². The van der Waals surface area contributed by atoms with Gasteiger partial charge in [-0.1, -0.05) is 30.3 Å². The first-order chi connectivity index (χ1) is 12.2. The molecule has 0 bridgehead atoms. The van der Waals surface area contributed by atoms with Gasteiger partial charge in [-0.3, -0.25) is 4.79 Å². The summed E-state index contributed by atoms with van der Waals surface area (Å²) in [5.41, 5.74) is 2.34. The normalized spacial score (nSPS) is 20.3. The highest BCUT2D eigenvalue weighted by Crippen LogP contribution is 2.20. The third kappa shape index (κ3) is 3.25. The number of amides is 1. The summed E-state index contributed by atoms with van der Waals surface area (Å²) in [5, 5.41) is 0. The first kappa shape index (κ1) is 15.8. The van der Waals surface area contributed by atoms with Crippen LogP contribution in [0.2, 0.25) is 0 Å². The number of likely N-dealkylation sites (tertiary alicyclic amines) is 1. The zero-order chi connectivity index (χ0) is 17.2. The van der Waals surface area contributed by atoms with Crippen molar-refractivity contribution in [1.82, 2.24) is 14.9 Å². The van der Waals surface area contributed by atoms with Crippen LogP contribution in [0, 0.1) is 0 Å². The van der Waals surface area contributed by atoms with Crippen molar-refractivity contribution in [2.45, 2.75) is 18.9 Å². The van der Waals surface area contributed by atoms with Crippen LogP contribution in [0.5, 0.6) is 0 Å². The van der Waals surface area contributed by atoms with Crippen molar-refractivity contribution in [2.24, 2.45) is 0 Å². The van der Waals surface area contributed by atoms with Gasteiger partial charge in [0, 0.05) is 5.56 Å². The molecule has 128 valence electrons. The zero-order valence-electron chi connectivity index (χ0n) is 13.6. The van der Waals surface area contributed by atoms with Crippen LogP contribution in [-0.2, 0) is 11.3 Å². The number of hydrogen-bond acceptors (Lipinski definition) is 3. The summed E-state index contributed by atoms with van der Waals surface area (Å²) in [6.07, 6.45) is -1.84. The number of hydrogen-bond donors (Lipinski definition) is 1. The molecule has 0 aliphatic carbocycles. The number of benzene rings is 2.